The summed E-state index contributed by atoms with van der Waals surface area (Å²) in [5.74, 6) is -2.20. The van der Waals surface area contributed by atoms with Crippen LogP contribution in [0.5, 0.6) is 0 Å². The monoisotopic (exact) mass is 367 g/mol. The lowest BCUT2D eigenvalue weighted by atomic mass is 10.1. The second-order valence-electron chi connectivity index (χ2n) is 4.64. The second-order valence-corrected chi connectivity index (χ2v) is 5.55. The van der Waals surface area contributed by atoms with Gasteiger partial charge in [0.25, 0.3) is 0 Å². The molecule has 2 aromatic rings. The first-order valence-corrected chi connectivity index (χ1v) is 7.28. The van der Waals surface area contributed by atoms with Crippen molar-refractivity contribution in [2.45, 2.75) is 12.8 Å². The number of carbonyl (C=O) groups is 2. The fraction of sp³-hybridized carbons (Fsp3) is 0.125. The van der Waals surface area contributed by atoms with Crippen LogP contribution in [0.15, 0.2) is 46.9 Å². The number of nitrogens with one attached hydrogen (secondary N) is 1. The summed E-state index contributed by atoms with van der Waals surface area (Å²) in [7, 11) is 0. The van der Waals surface area contributed by atoms with Crippen LogP contribution < -0.4 is 5.32 Å². The zero-order valence-electron chi connectivity index (χ0n) is 11.4. The van der Waals surface area contributed by atoms with E-state index in [0.717, 1.165) is 16.6 Å². The molecule has 0 aliphatic heterocycles. The van der Waals surface area contributed by atoms with E-state index < -0.39 is 17.5 Å². The molecule has 22 heavy (non-hydrogen) atoms. The highest BCUT2D eigenvalue weighted by Crippen LogP contribution is 2.15. The van der Waals surface area contributed by atoms with Gasteiger partial charge in [-0.2, -0.15) is 0 Å². The van der Waals surface area contributed by atoms with Crippen LogP contribution in [0.3, 0.4) is 0 Å². The van der Waals surface area contributed by atoms with Crippen LogP contribution in [0.25, 0.3) is 0 Å². The van der Waals surface area contributed by atoms with Gasteiger partial charge in [0.1, 0.15) is 11.6 Å². The summed E-state index contributed by atoms with van der Waals surface area (Å²) < 4.78 is 26.9. The fourth-order valence-electron chi connectivity index (χ4n) is 1.86. The molecule has 0 bridgehead atoms. The van der Waals surface area contributed by atoms with Gasteiger partial charge in [-0.1, -0.05) is 28.1 Å². The van der Waals surface area contributed by atoms with E-state index in [9.17, 15) is 18.4 Å². The number of hydrogen-bond acceptors (Lipinski definition) is 2. The van der Waals surface area contributed by atoms with E-state index in [2.05, 4.69) is 21.2 Å². The van der Waals surface area contributed by atoms with Crippen LogP contribution in [-0.4, -0.2) is 11.7 Å². The lowest BCUT2D eigenvalue weighted by Crippen LogP contribution is -2.13. The van der Waals surface area contributed by atoms with Gasteiger partial charge < -0.3 is 5.32 Å². The van der Waals surface area contributed by atoms with Crippen LogP contribution in [0.2, 0.25) is 0 Å². The maximum Gasteiger partial charge on any atom is 0.224 e. The molecule has 0 spiro atoms. The number of halogens is 3. The summed E-state index contributed by atoms with van der Waals surface area (Å²) in [5, 5.41) is 2.36. The lowest BCUT2D eigenvalue weighted by Gasteiger charge is -2.05. The number of anilines is 1. The molecule has 0 aromatic heterocycles. The van der Waals surface area contributed by atoms with Gasteiger partial charge in [-0.25, -0.2) is 8.78 Å². The smallest absolute Gasteiger partial charge is 0.224 e. The number of Topliss-reactive ketones (excluding diaryl/α,β-unsaturated/α-hetero) is 1. The average molecular weight is 368 g/mol. The zero-order chi connectivity index (χ0) is 16.1. The highest BCUT2D eigenvalue weighted by molar-refractivity contribution is 9.10. The Balaban J connectivity index is 1.89. The van der Waals surface area contributed by atoms with Crippen molar-refractivity contribution < 1.29 is 18.4 Å². The summed E-state index contributed by atoms with van der Waals surface area (Å²) in [4.78, 5) is 23.6. The number of carbonyl (C=O) groups excluding carboxylic acids is 2. The minimum absolute atomic E-state index is 0.0191. The highest BCUT2D eigenvalue weighted by Gasteiger charge is 2.10. The van der Waals surface area contributed by atoms with E-state index in [1.165, 1.54) is 0 Å². The molecule has 0 fully saturated rings. The topological polar surface area (TPSA) is 46.2 Å². The summed E-state index contributed by atoms with van der Waals surface area (Å²) in [6, 6.07) is 9.53. The quantitative estimate of drug-likeness (QED) is 0.799. The molecule has 1 amide bonds. The molecule has 2 rings (SSSR count). The van der Waals surface area contributed by atoms with Crippen LogP contribution in [-0.2, 0) is 4.79 Å². The first kappa shape index (κ1) is 16.3. The molecule has 0 aliphatic rings. The van der Waals surface area contributed by atoms with Gasteiger partial charge in [-0.15, -0.1) is 0 Å². The van der Waals surface area contributed by atoms with Crippen molar-refractivity contribution in [2.24, 2.45) is 0 Å². The Morgan fingerprint density at radius 2 is 1.55 bits per heavy atom. The summed E-state index contributed by atoms with van der Waals surface area (Å²) in [6.45, 7) is 0. The van der Waals surface area contributed by atoms with Gasteiger partial charge >= 0.3 is 0 Å². The standard InChI is InChI=1S/C16H12BrF2NO2/c17-11-3-1-10(2-4-11)15(21)5-6-16(22)20-14-8-12(18)7-13(19)9-14/h1-4,7-9H,5-6H2,(H,20,22). The van der Waals surface area contributed by atoms with E-state index in [1.807, 2.05) is 0 Å². The van der Waals surface area contributed by atoms with E-state index in [1.54, 1.807) is 24.3 Å². The molecule has 0 heterocycles. The molecule has 0 saturated heterocycles. The molecule has 0 radical (unpaired) electrons. The largest absolute Gasteiger partial charge is 0.326 e. The van der Waals surface area contributed by atoms with Crippen molar-refractivity contribution in [3.05, 3.63) is 64.1 Å². The second kappa shape index (κ2) is 7.26. The van der Waals surface area contributed by atoms with Crippen molar-refractivity contribution in [3.8, 4) is 0 Å². The Morgan fingerprint density at radius 1 is 0.955 bits per heavy atom. The lowest BCUT2D eigenvalue weighted by molar-refractivity contribution is -0.116. The van der Waals surface area contributed by atoms with E-state index in [4.69, 9.17) is 0 Å². The molecule has 0 atom stereocenters. The zero-order valence-corrected chi connectivity index (χ0v) is 13.0. The highest BCUT2D eigenvalue weighted by atomic mass is 79.9. The third-order valence-corrected chi connectivity index (χ3v) is 3.42. The Labute approximate surface area is 134 Å². The molecule has 0 saturated carbocycles. The number of ketones is 1. The Bertz CT molecular complexity index is 682. The van der Waals surface area contributed by atoms with Crippen molar-refractivity contribution in [1.82, 2.24) is 0 Å². The van der Waals surface area contributed by atoms with Gasteiger partial charge in [0.2, 0.25) is 5.91 Å². The predicted octanol–water partition coefficient (Wildman–Crippen LogP) is 4.33. The molecule has 1 N–H and O–H groups in total. The van der Waals surface area contributed by atoms with Crippen LogP contribution >= 0.6 is 15.9 Å². The molecule has 0 aliphatic carbocycles. The maximum absolute atomic E-state index is 13.0. The van der Waals surface area contributed by atoms with Crippen molar-refractivity contribution in [2.75, 3.05) is 5.32 Å². The van der Waals surface area contributed by atoms with E-state index >= 15 is 0 Å². The Morgan fingerprint density at radius 3 is 2.14 bits per heavy atom. The van der Waals surface area contributed by atoms with Gasteiger partial charge in [-0.3, -0.25) is 9.59 Å². The van der Waals surface area contributed by atoms with E-state index in [0.29, 0.717) is 11.6 Å². The van der Waals surface area contributed by atoms with Crippen LogP contribution in [0.4, 0.5) is 14.5 Å². The van der Waals surface area contributed by atoms with Crippen molar-refractivity contribution in [3.63, 3.8) is 0 Å². The molecule has 114 valence electrons. The third kappa shape index (κ3) is 4.73. The van der Waals surface area contributed by atoms with Gasteiger partial charge in [0.05, 0.1) is 0 Å². The summed E-state index contributed by atoms with van der Waals surface area (Å²) in [6.07, 6.45) is -0.0434. The average Bonchev–Trinajstić information content (AvgIpc) is 2.44. The Hall–Kier alpha value is -2.08. The molecule has 3 nitrogen and oxygen atoms in total. The maximum atomic E-state index is 13.0. The molecule has 6 heteroatoms. The molecular weight excluding hydrogens is 356 g/mol. The van der Waals surface area contributed by atoms with Crippen molar-refractivity contribution in [1.29, 1.82) is 0 Å². The van der Waals surface area contributed by atoms with Crippen LogP contribution in [0.1, 0.15) is 23.2 Å². The SMILES string of the molecule is O=C(CCC(=O)c1ccc(Br)cc1)Nc1cc(F)cc(F)c1. The first-order valence-electron chi connectivity index (χ1n) is 6.49. The van der Waals surface area contributed by atoms with Gasteiger partial charge in [0.15, 0.2) is 5.78 Å². The predicted molar refractivity (Wildman–Crippen MR) is 82.7 cm³/mol. The van der Waals surface area contributed by atoms with Gasteiger partial charge in [0, 0.05) is 34.6 Å². The Kier molecular flexibility index (Phi) is 5.38. The normalized spacial score (nSPS) is 10.3. The van der Waals surface area contributed by atoms with Gasteiger partial charge in [-0.05, 0) is 24.3 Å². The molecular formula is C16H12BrF2NO2. The number of hydrogen-bond donors (Lipinski definition) is 1. The molecule has 2 aromatic carbocycles. The number of amides is 1. The summed E-state index contributed by atoms with van der Waals surface area (Å²) >= 11 is 3.27. The van der Waals surface area contributed by atoms with E-state index in [-0.39, 0.29) is 24.3 Å². The number of benzene rings is 2. The first-order chi connectivity index (χ1) is 10.4. The fourth-order valence-corrected chi connectivity index (χ4v) is 2.12. The third-order valence-electron chi connectivity index (χ3n) is 2.89. The minimum Gasteiger partial charge on any atom is -0.326 e. The molecule has 0 unspecified atom stereocenters. The minimum atomic E-state index is -0.777. The van der Waals surface area contributed by atoms with Crippen molar-refractivity contribution >= 4 is 33.3 Å². The van der Waals surface area contributed by atoms with Crippen LogP contribution in [0, 0.1) is 11.6 Å². The number of rotatable bonds is 5. The summed E-state index contributed by atoms with van der Waals surface area (Å²) in [5.41, 5.74) is 0.534.